The quantitative estimate of drug-likeness (QED) is 0.0795. The molecule has 0 aliphatic heterocycles. The van der Waals surface area contributed by atoms with Crippen LogP contribution in [-0.4, -0.2) is 6.61 Å². The number of benzene rings is 2. The van der Waals surface area contributed by atoms with E-state index < -0.39 is 7.82 Å². The Labute approximate surface area is 232 Å². The summed E-state index contributed by atoms with van der Waals surface area (Å²) in [5, 5.41) is 1.98. The number of phosphoric ester groups is 1. The van der Waals surface area contributed by atoms with Gasteiger partial charge in [-0.2, -0.15) is 4.57 Å². The Hall–Kier alpha value is -2.34. The molecule has 3 rings (SSSR count). The average Bonchev–Trinajstić information content (AvgIpc) is 3.40. The Morgan fingerprint density at radius 2 is 1.37 bits per heavy atom. The maximum absolute atomic E-state index is 12.5. The maximum Gasteiger partial charge on any atom is 0.372 e. The molecule has 38 heavy (non-hydrogen) atoms. The first-order chi connectivity index (χ1) is 18.5. The molecule has 0 aliphatic carbocycles. The number of unbranched alkanes of at least 4 members (excludes halogenated alkanes) is 11. The number of hydrogen-bond acceptors (Lipinski definition) is 6. The molecule has 6 nitrogen and oxygen atoms in total. The lowest BCUT2D eigenvalue weighted by molar-refractivity contribution is -0.683. The van der Waals surface area contributed by atoms with Gasteiger partial charge < -0.3 is 18.7 Å². The van der Waals surface area contributed by atoms with E-state index in [0.717, 1.165) is 18.4 Å². The smallest absolute Gasteiger partial charge is 0.372 e. The number of thiazole rings is 1. The number of phosphoric acid groups is 1. The minimum absolute atomic E-state index is 0.167. The van der Waals surface area contributed by atoms with Gasteiger partial charge in [-0.1, -0.05) is 107 Å². The van der Waals surface area contributed by atoms with Gasteiger partial charge in [-0.25, -0.2) is 4.57 Å². The summed E-state index contributed by atoms with van der Waals surface area (Å²) in [4.78, 5) is 12.5. The molecule has 8 heteroatoms. The van der Waals surface area contributed by atoms with Crippen molar-refractivity contribution in [1.29, 1.82) is 0 Å². The van der Waals surface area contributed by atoms with Crippen molar-refractivity contribution in [2.75, 3.05) is 6.61 Å². The molecule has 0 radical (unpaired) electrons. The molecule has 0 N–H and O–H groups in total. The number of hydrogen-bond donors (Lipinski definition) is 0. The lowest BCUT2D eigenvalue weighted by Crippen LogP contribution is -2.30. The van der Waals surface area contributed by atoms with E-state index in [1.165, 1.54) is 64.2 Å². The molecule has 0 bridgehead atoms. The molecule has 2 aromatic carbocycles. The van der Waals surface area contributed by atoms with Gasteiger partial charge in [-0.3, -0.25) is 0 Å². The summed E-state index contributed by atoms with van der Waals surface area (Å²) < 4.78 is 30.8. The van der Waals surface area contributed by atoms with Crippen molar-refractivity contribution >= 4 is 19.2 Å². The monoisotopic (exact) mass is 559 g/mol. The summed E-state index contributed by atoms with van der Waals surface area (Å²) >= 11 is 1.60. The van der Waals surface area contributed by atoms with Crippen LogP contribution in [0.4, 0.5) is 0 Å². The van der Waals surface area contributed by atoms with E-state index in [1.807, 2.05) is 27.7 Å². The summed E-state index contributed by atoms with van der Waals surface area (Å²) in [6.45, 7) is 3.49. The molecular weight excluding hydrogens is 517 g/mol. The summed E-state index contributed by atoms with van der Waals surface area (Å²) in [5.74, 6) is 0.969. The van der Waals surface area contributed by atoms with Crippen LogP contribution in [0.5, 0.6) is 17.2 Å². The third-order valence-corrected chi connectivity index (χ3v) is 7.84. The van der Waals surface area contributed by atoms with Crippen molar-refractivity contribution in [3.8, 4) is 17.2 Å². The minimum Gasteiger partial charge on any atom is -0.736 e. The standard InChI is InChI=1S/C30H42NO5PS/c1-2-3-4-5-6-7-8-9-10-11-12-13-21-34-28-17-15-19-30(24-28)36-37(32,33)35-29-18-14-16-27(23-29)25-31-20-22-38-26-31/h14-20,22-24,26H,2-13,21,25H2,1H3. The SMILES string of the molecule is CCCCCCCCCCCCCCOc1cccc(OP(=O)([O-])Oc2cccc(C[n+]3ccsc3)c2)c1. The van der Waals surface area contributed by atoms with Crippen LogP contribution in [0.2, 0.25) is 0 Å². The topological polar surface area (TPSA) is 71.7 Å². The van der Waals surface area contributed by atoms with Crippen LogP contribution in [0.1, 0.15) is 89.5 Å². The lowest BCUT2D eigenvalue weighted by Gasteiger charge is -2.24. The minimum atomic E-state index is -4.62. The van der Waals surface area contributed by atoms with Crippen LogP contribution in [0.25, 0.3) is 0 Å². The van der Waals surface area contributed by atoms with Crippen LogP contribution in [-0.2, 0) is 11.1 Å². The predicted octanol–water partition coefficient (Wildman–Crippen LogP) is 8.09. The second kappa shape index (κ2) is 17.3. The van der Waals surface area contributed by atoms with Crippen molar-refractivity contribution in [3.05, 3.63) is 71.2 Å². The molecule has 0 spiro atoms. The molecule has 0 amide bonds. The number of ether oxygens (including phenoxy) is 1. The molecule has 0 saturated carbocycles. The van der Waals surface area contributed by atoms with Crippen LogP contribution < -0.4 is 23.2 Å². The van der Waals surface area contributed by atoms with Crippen molar-refractivity contribution < 1.29 is 27.8 Å². The van der Waals surface area contributed by atoms with E-state index >= 15 is 0 Å². The van der Waals surface area contributed by atoms with Crippen LogP contribution in [0, 0.1) is 0 Å². The summed E-state index contributed by atoms with van der Waals surface area (Å²) in [6, 6.07) is 13.7. The van der Waals surface area contributed by atoms with Crippen LogP contribution >= 0.6 is 19.2 Å². The molecule has 3 aromatic rings. The Morgan fingerprint density at radius 1 is 0.789 bits per heavy atom. The van der Waals surface area contributed by atoms with Crippen LogP contribution in [0.3, 0.4) is 0 Å². The summed E-state index contributed by atoms with van der Waals surface area (Å²) in [5.41, 5.74) is 2.92. The Morgan fingerprint density at radius 3 is 2.00 bits per heavy atom. The first-order valence-corrected chi connectivity index (χ1v) is 16.4. The van der Waals surface area contributed by atoms with Gasteiger partial charge in [0.1, 0.15) is 17.2 Å². The van der Waals surface area contributed by atoms with Gasteiger partial charge in [0.05, 0.1) is 12.0 Å². The molecule has 1 atom stereocenters. The first-order valence-electron chi connectivity index (χ1n) is 14.0. The number of rotatable bonds is 20. The van der Waals surface area contributed by atoms with Gasteiger partial charge in [0.2, 0.25) is 5.51 Å². The second-order valence-electron chi connectivity index (χ2n) is 9.69. The molecule has 0 fully saturated rings. The third-order valence-electron chi connectivity index (χ3n) is 6.30. The Balaban J connectivity index is 1.32. The Bertz CT molecular complexity index is 1090. The average molecular weight is 560 g/mol. The highest BCUT2D eigenvalue weighted by atomic mass is 32.1. The van der Waals surface area contributed by atoms with E-state index in [4.69, 9.17) is 13.8 Å². The fourth-order valence-corrected chi connectivity index (χ4v) is 5.67. The second-order valence-corrected chi connectivity index (χ2v) is 11.7. The van der Waals surface area contributed by atoms with E-state index in [2.05, 4.69) is 6.92 Å². The zero-order valence-corrected chi connectivity index (χ0v) is 24.3. The lowest BCUT2D eigenvalue weighted by atomic mass is 10.1. The molecule has 1 heterocycles. The van der Waals surface area contributed by atoms with Crippen molar-refractivity contribution in [2.45, 2.75) is 90.5 Å². The van der Waals surface area contributed by atoms with Crippen molar-refractivity contribution in [1.82, 2.24) is 0 Å². The highest BCUT2D eigenvalue weighted by Crippen LogP contribution is 2.41. The van der Waals surface area contributed by atoms with Crippen molar-refractivity contribution in [3.63, 3.8) is 0 Å². The third kappa shape index (κ3) is 12.5. The molecule has 208 valence electrons. The van der Waals surface area contributed by atoms with E-state index in [9.17, 15) is 9.46 Å². The molecular formula is C30H42NO5PS. The van der Waals surface area contributed by atoms with Gasteiger partial charge >= 0.3 is 7.82 Å². The van der Waals surface area contributed by atoms with Gasteiger partial charge in [0.15, 0.2) is 12.7 Å². The largest absolute Gasteiger partial charge is 0.736 e. The molecule has 0 saturated heterocycles. The fourth-order valence-electron chi connectivity index (χ4n) is 4.29. The van der Waals surface area contributed by atoms with Gasteiger partial charge in [-0.15, -0.1) is 0 Å². The fraction of sp³-hybridized carbons (Fsp3) is 0.500. The summed E-state index contributed by atoms with van der Waals surface area (Å²) in [6.07, 6.45) is 17.5. The molecule has 0 aliphatic rings. The number of nitrogens with zero attached hydrogens (tertiary/aromatic N) is 1. The first kappa shape index (κ1) is 30.2. The van der Waals surface area contributed by atoms with E-state index in [-0.39, 0.29) is 11.5 Å². The normalized spacial score (nSPS) is 12.7. The highest BCUT2D eigenvalue weighted by molar-refractivity contribution is 7.46. The zero-order valence-electron chi connectivity index (χ0n) is 22.6. The molecule has 1 aromatic heterocycles. The van der Waals surface area contributed by atoms with Gasteiger partial charge in [0, 0.05) is 11.6 Å². The highest BCUT2D eigenvalue weighted by Gasteiger charge is 2.15. The van der Waals surface area contributed by atoms with Gasteiger partial charge in [-0.05, 0) is 30.7 Å². The Kier molecular flexibility index (Phi) is 13.7. The number of aromatic nitrogens is 1. The van der Waals surface area contributed by atoms with Crippen LogP contribution in [0.15, 0.2) is 65.6 Å². The van der Waals surface area contributed by atoms with E-state index in [1.54, 1.807) is 53.8 Å². The summed E-state index contributed by atoms with van der Waals surface area (Å²) in [7, 11) is -4.62. The maximum atomic E-state index is 12.5. The van der Waals surface area contributed by atoms with Gasteiger partial charge in [0.25, 0.3) is 0 Å². The van der Waals surface area contributed by atoms with Crippen molar-refractivity contribution in [2.24, 2.45) is 0 Å². The molecule has 1 unspecified atom stereocenters. The predicted molar refractivity (Wildman–Crippen MR) is 152 cm³/mol. The van der Waals surface area contributed by atoms with E-state index in [0.29, 0.717) is 18.9 Å². The zero-order chi connectivity index (χ0) is 26.9.